The Bertz CT molecular complexity index is 624. The Balaban J connectivity index is 2.03. The normalized spacial score (nSPS) is 17.5. The summed E-state index contributed by atoms with van der Waals surface area (Å²) in [6.07, 6.45) is 2.16. The molecule has 0 saturated carbocycles. The number of nitrogens with one attached hydrogen (secondary N) is 1. The van der Waals surface area contributed by atoms with Crippen molar-refractivity contribution in [2.24, 2.45) is 0 Å². The molecule has 0 bridgehead atoms. The Labute approximate surface area is 117 Å². The lowest BCUT2D eigenvalue weighted by atomic mass is 9.99. The lowest BCUT2D eigenvalue weighted by Crippen LogP contribution is -2.12. The molecular weight excluding hydrogens is 261 g/mol. The molecule has 1 N–H and O–H groups in total. The Hall–Kier alpha value is -1.38. The number of benzene rings is 2. The molecule has 98 valence electrons. The maximum Gasteiger partial charge on any atom is 0.132 e. The van der Waals surface area contributed by atoms with Crippen molar-refractivity contribution in [3.8, 4) is 11.1 Å². The van der Waals surface area contributed by atoms with Crippen LogP contribution in [0, 0.1) is 5.82 Å². The number of aryl methyl sites for hydroxylation is 1. The van der Waals surface area contributed by atoms with Gasteiger partial charge in [0.25, 0.3) is 0 Å². The summed E-state index contributed by atoms with van der Waals surface area (Å²) in [5.41, 5.74) is 4.18. The summed E-state index contributed by atoms with van der Waals surface area (Å²) in [6, 6.07) is 11.4. The Morgan fingerprint density at radius 1 is 1.21 bits per heavy atom. The molecule has 1 aliphatic rings. The molecule has 0 saturated heterocycles. The van der Waals surface area contributed by atoms with E-state index in [2.05, 4.69) is 17.4 Å². The van der Waals surface area contributed by atoms with Crippen LogP contribution in [0.5, 0.6) is 0 Å². The lowest BCUT2D eigenvalue weighted by Gasteiger charge is -2.11. The van der Waals surface area contributed by atoms with Crippen LogP contribution in [0.15, 0.2) is 36.4 Å². The van der Waals surface area contributed by atoms with Crippen LogP contribution < -0.4 is 5.32 Å². The second-order valence-corrected chi connectivity index (χ2v) is 5.35. The first-order chi connectivity index (χ1) is 9.19. The molecule has 0 fully saturated rings. The van der Waals surface area contributed by atoms with Gasteiger partial charge in [0.2, 0.25) is 0 Å². The Morgan fingerprint density at radius 2 is 2.05 bits per heavy atom. The van der Waals surface area contributed by atoms with E-state index in [1.165, 1.54) is 17.2 Å². The van der Waals surface area contributed by atoms with Gasteiger partial charge in [0, 0.05) is 16.6 Å². The van der Waals surface area contributed by atoms with Gasteiger partial charge in [-0.3, -0.25) is 0 Å². The quantitative estimate of drug-likeness (QED) is 0.859. The van der Waals surface area contributed by atoms with E-state index in [9.17, 15) is 4.39 Å². The largest absolute Gasteiger partial charge is 0.313 e. The smallest absolute Gasteiger partial charge is 0.132 e. The van der Waals surface area contributed by atoms with Crippen LogP contribution in [0.2, 0.25) is 5.02 Å². The highest BCUT2D eigenvalue weighted by Gasteiger charge is 2.21. The van der Waals surface area contributed by atoms with E-state index in [4.69, 9.17) is 11.6 Å². The monoisotopic (exact) mass is 275 g/mol. The highest BCUT2D eigenvalue weighted by atomic mass is 35.5. The van der Waals surface area contributed by atoms with E-state index in [-0.39, 0.29) is 5.82 Å². The van der Waals surface area contributed by atoms with E-state index in [1.807, 2.05) is 13.1 Å². The van der Waals surface area contributed by atoms with Gasteiger partial charge in [0.05, 0.1) is 0 Å². The van der Waals surface area contributed by atoms with Gasteiger partial charge >= 0.3 is 0 Å². The second kappa shape index (κ2) is 4.95. The summed E-state index contributed by atoms with van der Waals surface area (Å²) in [5.74, 6) is -0.268. The van der Waals surface area contributed by atoms with Gasteiger partial charge in [0.1, 0.15) is 5.82 Å². The number of fused-ring (bicyclic) bond motifs is 1. The zero-order valence-electron chi connectivity index (χ0n) is 10.7. The molecular formula is C16H15ClFN. The zero-order valence-corrected chi connectivity index (χ0v) is 11.5. The summed E-state index contributed by atoms with van der Waals surface area (Å²) in [7, 11) is 1.98. The van der Waals surface area contributed by atoms with Gasteiger partial charge in [0.15, 0.2) is 0 Å². The third-order valence-electron chi connectivity index (χ3n) is 3.81. The average Bonchev–Trinajstić information content (AvgIpc) is 2.80. The van der Waals surface area contributed by atoms with Crippen LogP contribution in [-0.2, 0) is 6.42 Å². The SMILES string of the molecule is CNC1CCc2cc(-c3ccc(Cl)cc3F)ccc21. The zero-order chi connectivity index (χ0) is 13.4. The van der Waals surface area contributed by atoms with Gasteiger partial charge in [-0.15, -0.1) is 0 Å². The first-order valence-corrected chi connectivity index (χ1v) is 6.82. The molecule has 1 aliphatic carbocycles. The highest BCUT2D eigenvalue weighted by Crippen LogP contribution is 2.34. The molecule has 3 rings (SSSR count). The van der Waals surface area contributed by atoms with Gasteiger partial charge in [-0.1, -0.05) is 29.8 Å². The fourth-order valence-electron chi connectivity index (χ4n) is 2.81. The van der Waals surface area contributed by atoms with Crippen molar-refractivity contribution < 1.29 is 4.39 Å². The predicted molar refractivity (Wildman–Crippen MR) is 77.0 cm³/mol. The first kappa shape index (κ1) is 12.6. The highest BCUT2D eigenvalue weighted by molar-refractivity contribution is 6.30. The third kappa shape index (κ3) is 2.26. The van der Waals surface area contributed by atoms with Crippen molar-refractivity contribution >= 4 is 11.6 Å². The van der Waals surface area contributed by atoms with Crippen LogP contribution >= 0.6 is 11.6 Å². The molecule has 2 aromatic rings. The molecule has 1 atom stereocenters. The topological polar surface area (TPSA) is 12.0 Å². The molecule has 19 heavy (non-hydrogen) atoms. The fourth-order valence-corrected chi connectivity index (χ4v) is 2.97. The molecule has 0 aliphatic heterocycles. The summed E-state index contributed by atoms with van der Waals surface area (Å²) < 4.78 is 13.9. The van der Waals surface area contributed by atoms with Gasteiger partial charge in [-0.25, -0.2) is 4.39 Å². The van der Waals surface area contributed by atoms with Crippen molar-refractivity contribution in [3.05, 3.63) is 58.4 Å². The number of hydrogen-bond acceptors (Lipinski definition) is 1. The maximum absolute atomic E-state index is 13.9. The minimum Gasteiger partial charge on any atom is -0.313 e. The molecule has 3 heteroatoms. The molecule has 2 aromatic carbocycles. The second-order valence-electron chi connectivity index (χ2n) is 4.92. The van der Waals surface area contributed by atoms with Crippen molar-refractivity contribution in [1.29, 1.82) is 0 Å². The Morgan fingerprint density at radius 3 is 2.79 bits per heavy atom. The van der Waals surface area contributed by atoms with Crippen LogP contribution in [-0.4, -0.2) is 7.05 Å². The standard InChI is InChI=1S/C16H15ClFN/c1-19-16-7-3-11-8-10(2-5-14(11)16)13-6-4-12(17)9-15(13)18/h2,4-6,8-9,16,19H,3,7H2,1H3. The molecule has 1 nitrogen and oxygen atoms in total. The minimum absolute atomic E-state index is 0.268. The van der Waals surface area contributed by atoms with E-state index in [0.29, 0.717) is 16.6 Å². The first-order valence-electron chi connectivity index (χ1n) is 6.44. The van der Waals surface area contributed by atoms with E-state index in [0.717, 1.165) is 18.4 Å². The van der Waals surface area contributed by atoms with Crippen molar-refractivity contribution in [3.63, 3.8) is 0 Å². The fraction of sp³-hybridized carbons (Fsp3) is 0.250. The van der Waals surface area contributed by atoms with Crippen LogP contribution in [0.4, 0.5) is 4.39 Å². The van der Waals surface area contributed by atoms with Gasteiger partial charge < -0.3 is 5.32 Å². The van der Waals surface area contributed by atoms with E-state index >= 15 is 0 Å². The van der Waals surface area contributed by atoms with Crippen LogP contribution in [0.1, 0.15) is 23.6 Å². The van der Waals surface area contributed by atoms with Crippen molar-refractivity contribution in [2.75, 3.05) is 7.05 Å². The number of hydrogen-bond donors (Lipinski definition) is 1. The molecule has 0 spiro atoms. The third-order valence-corrected chi connectivity index (χ3v) is 4.05. The van der Waals surface area contributed by atoms with Gasteiger partial charge in [-0.05, 0) is 54.8 Å². The number of rotatable bonds is 2. The van der Waals surface area contributed by atoms with E-state index in [1.54, 1.807) is 12.1 Å². The molecule has 0 radical (unpaired) electrons. The summed E-state index contributed by atoms with van der Waals surface area (Å²) in [6.45, 7) is 0. The van der Waals surface area contributed by atoms with Gasteiger partial charge in [-0.2, -0.15) is 0 Å². The summed E-state index contributed by atoms with van der Waals surface area (Å²) >= 11 is 5.79. The van der Waals surface area contributed by atoms with Crippen LogP contribution in [0.3, 0.4) is 0 Å². The molecule has 0 heterocycles. The van der Waals surface area contributed by atoms with E-state index < -0.39 is 0 Å². The maximum atomic E-state index is 13.9. The summed E-state index contributed by atoms with van der Waals surface area (Å²) in [4.78, 5) is 0. The minimum atomic E-state index is -0.268. The Kier molecular flexibility index (Phi) is 3.29. The number of halogens is 2. The van der Waals surface area contributed by atoms with Crippen LogP contribution in [0.25, 0.3) is 11.1 Å². The van der Waals surface area contributed by atoms with Crippen molar-refractivity contribution in [1.82, 2.24) is 5.32 Å². The lowest BCUT2D eigenvalue weighted by molar-refractivity contribution is 0.590. The average molecular weight is 276 g/mol. The predicted octanol–water partition coefficient (Wildman–Crippen LogP) is 4.35. The molecule has 0 aromatic heterocycles. The molecule has 1 unspecified atom stereocenters. The van der Waals surface area contributed by atoms with Crippen molar-refractivity contribution in [2.45, 2.75) is 18.9 Å². The summed E-state index contributed by atoms with van der Waals surface area (Å²) in [5, 5.41) is 3.74. The molecule has 0 amide bonds.